The Kier molecular flexibility index (Phi) is 7.95. The van der Waals surface area contributed by atoms with E-state index in [0.29, 0.717) is 23.9 Å². The second-order valence-electron chi connectivity index (χ2n) is 8.98. The monoisotopic (exact) mass is 527 g/mol. The van der Waals surface area contributed by atoms with Gasteiger partial charge in [-0.2, -0.15) is 18.4 Å². The normalized spacial score (nSPS) is 17.3. The van der Waals surface area contributed by atoms with Gasteiger partial charge < -0.3 is 19.8 Å². The van der Waals surface area contributed by atoms with Crippen LogP contribution in [-0.2, 0) is 15.7 Å². The Labute approximate surface area is 216 Å². The SMILES string of the molecule is COC(=O)CC1CCC(c2ccc(NC(=O)c3nnc(Nc4ccc(C#N)c(C(F)(F)F)c4)o3)cc2)CC1. The van der Waals surface area contributed by atoms with Crippen LogP contribution in [0.25, 0.3) is 0 Å². The lowest BCUT2D eigenvalue weighted by Crippen LogP contribution is -2.17. The maximum absolute atomic E-state index is 13.2. The second kappa shape index (κ2) is 11.3. The number of anilines is 3. The van der Waals surface area contributed by atoms with Gasteiger partial charge in [-0.25, -0.2) is 0 Å². The zero-order valence-electron chi connectivity index (χ0n) is 20.3. The lowest BCUT2D eigenvalue weighted by molar-refractivity contribution is -0.142. The molecule has 38 heavy (non-hydrogen) atoms. The van der Waals surface area contributed by atoms with Crippen LogP contribution in [0.5, 0.6) is 0 Å². The number of nitrogens with zero attached hydrogens (tertiary/aromatic N) is 3. The first kappa shape index (κ1) is 26.7. The molecule has 4 rings (SSSR count). The number of nitrogens with one attached hydrogen (secondary N) is 2. The fourth-order valence-corrected chi connectivity index (χ4v) is 4.49. The molecule has 0 radical (unpaired) electrons. The molecule has 3 aromatic rings. The van der Waals surface area contributed by atoms with Crippen LogP contribution < -0.4 is 10.6 Å². The third kappa shape index (κ3) is 6.47. The third-order valence-electron chi connectivity index (χ3n) is 6.49. The van der Waals surface area contributed by atoms with Crippen molar-refractivity contribution in [3.63, 3.8) is 0 Å². The average Bonchev–Trinajstić information content (AvgIpc) is 3.37. The molecule has 1 heterocycles. The van der Waals surface area contributed by atoms with Crippen molar-refractivity contribution in [1.82, 2.24) is 10.2 Å². The van der Waals surface area contributed by atoms with Gasteiger partial charge in [-0.05, 0) is 73.4 Å². The van der Waals surface area contributed by atoms with Crippen molar-refractivity contribution in [2.24, 2.45) is 5.92 Å². The molecule has 2 aromatic carbocycles. The Morgan fingerprint density at radius 3 is 2.39 bits per heavy atom. The van der Waals surface area contributed by atoms with Crippen molar-refractivity contribution < 1.29 is 31.9 Å². The van der Waals surface area contributed by atoms with Crippen LogP contribution >= 0.6 is 0 Å². The Balaban J connectivity index is 1.33. The topological polar surface area (TPSA) is 130 Å². The number of hydrogen-bond donors (Lipinski definition) is 2. The number of hydrogen-bond acceptors (Lipinski definition) is 8. The van der Waals surface area contributed by atoms with Crippen molar-refractivity contribution in [3.05, 3.63) is 65.0 Å². The van der Waals surface area contributed by atoms with E-state index in [1.54, 1.807) is 12.1 Å². The van der Waals surface area contributed by atoms with Gasteiger partial charge in [0.25, 0.3) is 0 Å². The first-order valence-electron chi connectivity index (χ1n) is 11.9. The fourth-order valence-electron chi connectivity index (χ4n) is 4.49. The van der Waals surface area contributed by atoms with Crippen LogP contribution in [-0.4, -0.2) is 29.2 Å². The van der Waals surface area contributed by atoms with Crippen LogP contribution in [0.15, 0.2) is 46.9 Å². The zero-order valence-corrected chi connectivity index (χ0v) is 20.3. The molecular formula is C26H24F3N5O4. The van der Waals surface area contributed by atoms with E-state index in [4.69, 9.17) is 14.4 Å². The molecule has 1 saturated carbocycles. The minimum Gasteiger partial charge on any atom is -0.469 e. The Morgan fingerprint density at radius 1 is 1.08 bits per heavy atom. The molecule has 1 aliphatic carbocycles. The number of benzene rings is 2. The standard InChI is InChI=1S/C26H24F3N5O4/c1-37-22(35)12-15-2-4-16(5-3-15)17-6-9-19(10-7-17)31-23(36)24-33-34-25(38-24)32-20-11-8-18(14-30)21(13-20)26(27,28)29/h6-11,13,15-16H,2-5,12H2,1H3,(H,31,36)(H,32,34). The van der Waals surface area contributed by atoms with Gasteiger partial charge in [0.15, 0.2) is 0 Å². The number of ether oxygens (including phenoxy) is 1. The number of aromatic nitrogens is 2. The largest absolute Gasteiger partial charge is 0.469 e. The summed E-state index contributed by atoms with van der Waals surface area (Å²) in [5, 5.41) is 21.3. The van der Waals surface area contributed by atoms with E-state index in [9.17, 15) is 22.8 Å². The quantitative estimate of drug-likeness (QED) is 0.369. The highest BCUT2D eigenvalue weighted by Gasteiger charge is 2.34. The summed E-state index contributed by atoms with van der Waals surface area (Å²) >= 11 is 0. The second-order valence-corrected chi connectivity index (χ2v) is 8.98. The number of methoxy groups -OCH3 is 1. The maximum atomic E-state index is 13.2. The van der Waals surface area contributed by atoms with Gasteiger partial charge in [-0.3, -0.25) is 9.59 Å². The Bertz CT molecular complexity index is 1340. The van der Waals surface area contributed by atoms with Crippen LogP contribution in [0.4, 0.5) is 30.6 Å². The Morgan fingerprint density at radius 2 is 1.76 bits per heavy atom. The molecule has 1 aliphatic rings. The number of rotatable bonds is 7. The van der Waals surface area contributed by atoms with Crippen LogP contribution in [0.2, 0.25) is 0 Å². The molecule has 2 N–H and O–H groups in total. The summed E-state index contributed by atoms with van der Waals surface area (Å²) in [4.78, 5) is 24.0. The zero-order chi connectivity index (χ0) is 27.3. The predicted octanol–water partition coefficient (Wildman–Crippen LogP) is 5.79. The third-order valence-corrected chi connectivity index (χ3v) is 6.49. The number of carbonyl (C=O) groups excluding carboxylic acids is 2. The fraction of sp³-hybridized carbons (Fsp3) is 0.346. The Hall–Kier alpha value is -4.40. The molecule has 1 fully saturated rings. The van der Waals surface area contributed by atoms with Crippen molar-refractivity contribution in [3.8, 4) is 6.07 Å². The van der Waals surface area contributed by atoms with Crippen LogP contribution in [0.3, 0.4) is 0 Å². The van der Waals surface area contributed by atoms with Crippen LogP contribution in [0.1, 0.15) is 65.4 Å². The number of nitriles is 1. The number of carbonyl (C=O) groups is 2. The molecule has 198 valence electrons. The summed E-state index contributed by atoms with van der Waals surface area (Å²) in [6.07, 6.45) is -0.438. The van der Waals surface area contributed by atoms with Crippen molar-refractivity contribution >= 4 is 29.3 Å². The summed E-state index contributed by atoms with van der Waals surface area (Å²) in [5.74, 6) is -0.530. The average molecular weight is 528 g/mol. The first-order valence-corrected chi connectivity index (χ1v) is 11.9. The molecular weight excluding hydrogens is 503 g/mol. The molecule has 0 aliphatic heterocycles. The first-order chi connectivity index (χ1) is 18.2. The molecule has 0 unspecified atom stereocenters. The summed E-state index contributed by atoms with van der Waals surface area (Å²) in [7, 11) is 1.40. The highest BCUT2D eigenvalue weighted by atomic mass is 19.4. The van der Waals surface area contributed by atoms with Crippen molar-refractivity contribution in [1.29, 1.82) is 5.26 Å². The molecule has 9 nitrogen and oxygen atoms in total. The number of alkyl halides is 3. The lowest BCUT2D eigenvalue weighted by Gasteiger charge is -2.28. The van der Waals surface area contributed by atoms with Gasteiger partial charge >= 0.3 is 30.0 Å². The molecule has 12 heteroatoms. The number of halogens is 3. The number of esters is 1. The van der Waals surface area contributed by atoms with E-state index in [1.807, 2.05) is 12.1 Å². The van der Waals surface area contributed by atoms with E-state index in [2.05, 4.69) is 20.8 Å². The minimum absolute atomic E-state index is 0.0400. The molecule has 0 bridgehead atoms. The van der Waals surface area contributed by atoms with Gasteiger partial charge in [0.2, 0.25) is 0 Å². The molecule has 1 aromatic heterocycles. The van der Waals surface area contributed by atoms with Gasteiger partial charge in [0, 0.05) is 17.8 Å². The van der Waals surface area contributed by atoms with Gasteiger partial charge in [0.1, 0.15) is 0 Å². The number of amides is 1. The van der Waals surface area contributed by atoms with E-state index in [1.165, 1.54) is 19.2 Å². The molecule has 0 atom stereocenters. The summed E-state index contributed by atoms with van der Waals surface area (Å²) in [5.41, 5.74) is -0.0230. The summed E-state index contributed by atoms with van der Waals surface area (Å²) < 4.78 is 49.5. The molecule has 0 saturated heterocycles. The van der Waals surface area contributed by atoms with Gasteiger partial charge in [-0.15, -0.1) is 5.10 Å². The van der Waals surface area contributed by atoms with E-state index in [0.717, 1.165) is 43.4 Å². The van der Waals surface area contributed by atoms with E-state index >= 15 is 0 Å². The highest BCUT2D eigenvalue weighted by Crippen LogP contribution is 2.37. The summed E-state index contributed by atoms with van der Waals surface area (Å²) in [6.45, 7) is 0. The van der Waals surface area contributed by atoms with Crippen molar-refractivity contribution in [2.45, 2.75) is 44.2 Å². The lowest BCUT2D eigenvalue weighted by atomic mass is 9.77. The maximum Gasteiger partial charge on any atom is 0.417 e. The molecule has 1 amide bonds. The minimum atomic E-state index is -4.72. The summed E-state index contributed by atoms with van der Waals surface area (Å²) in [6, 6.07) is 11.6. The molecule has 0 spiro atoms. The van der Waals surface area contributed by atoms with Crippen LogP contribution in [0, 0.1) is 17.2 Å². The van der Waals surface area contributed by atoms with E-state index in [-0.39, 0.29) is 23.6 Å². The predicted molar refractivity (Wildman–Crippen MR) is 129 cm³/mol. The van der Waals surface area contributed by atoms with Gasteiger partial charge in [-0.1, -0.05) is 17.2 Å². The highest BCUT2D eigenvalue weighted by molar-refractivity contribution is 6.00. The smallest absolute Gasteiger partial charge is 0.417 e. The van der Waals surface area contributed by atoms with Gasteiger partial charge in [0.05, 0.1) is 24.3 Å². The van der Waals surface area contributed by atoms with Crippen molar-refractivity contribution in [2.75, 3.05) is 17.7 Å². The van der Waals surface area contributed by atoms with E-state index < -0.39 is 23.2 Å².